The molecule has 0 aliphatic carbocycles. The Morgan fingerprint density at radius 1 is 1.16 bits per heavy atom. The second-order valence-electron chi connectivity index (χ2n) is 5.71. The predicted molar refractivity (Wildman–Crippen MR) is 91.1 cm³/mol. The van der Waals surface area contributed by atoms with Crippen molar-refractivity contribution in [3.05, 3.63) is 58.1 Å². The van der Waals surface area contributed by atoms with Gasteiger partial charge >= 0.3 is 6.18 Å². The number of alkyl halides is 3. The lowest BCUT2D eigenvalue weighted by molar-refractivity contribution is -0.137. The van der Waals surface area contributed by atoms with Crippen molar-refractivity contribution in [2.75, 3.05) is 5.32 Å². The smallest absolute Gasteiger partial charge is 0.418 e. The summed E-state index contributed by atoms with van der Waals surface area (Å²) in [5.74, 6) is -0.187. The number of amides is 1. The lowest BCUT2D eigenvalue weighted by Crippen LogP contribution is -2.31. The number of ether oxygens (including phenoxy) is 1. The van der Waals surface area contributed by atoms with E-state index in [1.54, 1.807) is 6.07 Å². The van der Waals surface area contributed by atoms with Gasteiger partial charge in [0.2, 0.25) is 0 Å². The highest BCUT2D eigenvalue weighted by molar-refractivity contribution is 6.30. The lowest BCUT2D eigenvalue weighted by Gasteiger charge is -2.18. The molecule has 25 heavy (non-hydrogen) atoms. The van der Waals surface area contributed by atoms with E-state index >= 15 is 0 Å². The van der Waals surface area contributed by atoms with E-state index in [0.717, 1.165) is 23.3 Å². The average molecular weight is 372 g/mol. The Hall–Kier alpha value is -2.21. The normalized spacial score (nSPS) is 12.6. The van der Waals surface area contributed by atoms with Gasteiger partial charge in [0.15, 0.2) is 6.10 Å². The van der Waals surface area contributed by atoms with Gasteiger partial charge in [-0.05, 0) is 50.6 Å². The van der Waals surface area contributed by atoms with Crippen LogP contribution in [-0.2, 0) is 11.0 Å². The SMILES string of the molecule is Cc1ccc(OC(C)C(=O)Nc2ccc(Cl)cc2C(F)(F)F)c(C)c1. The third-order valence-corrected chi connectivity index (χ3v) is 3.78. The Bertz CT molecular complexity index is 790. The van der Waals surface area contributed by atoms with Gasteiger partial charge in [0.05, 0.1) is 11.3 Å². The third-order valence-electron chi connectivity index (χ3n) is 3.55. The number of carbonyl (C=O) groups is 1. The van der Waals surface area contributed by atoms with Crippen molar-refractivity contribution in [3.8, 4) is 5.75 Å². The number of benzene rings is 2. The second-order valence-corrected chi connectivity index (χ2v) is 6.14. The molecule has 0 saturated carbocycles. The van der Waals surface area contributed by atoms with E-state index < -0.39 is 23.8 Å². The molecule has 0 heterocycles. The zero-order valence-electron chi connectivity index (χ0n) is 13.9. The Kier molecular flexibility index (Phi) is 5.62. The van der Waals surface area contributed by atoms with Crippen LogP contribution in [0.15, 0.2) is 36.4 Å². The molecule has 1 N–H and O–H groups in total. The standard InChI is InChI=1S/C18H17ClF3NO2/c1-10-4-7-16(11(2)8-10)25-12(3)17(24)23-15-6-5-13(19)9-14(15)18(20,21)22/h4-9,12H,1-3H3,(H,23,24). The third kappa shape index (κ3) is 4.89. The van der Waals surface area contributed by atoms with E-state index in [2.05, 4.69) is 5.32 Å². The molecule has 1 amide bonds. The molecule has 0 fully saturated rings. The van der Waals surface area contributed by atoms with Crippen LogP contribution >= 0.6 is 11.6 Å². The van der Waals surface area contributed by atoms with Crippen molar-refractivity contribution in [3.63, 3.8) is 0 Å². The molecule has 0 bridgehead atoms. The maximum absolute atomic E-state index is 13.1. The molecule has 2 aromatic rings. The van der Waals surface area contributed by atoms with Crippen LogP contribution in [0.2, 0.25) is 5.02 Å². The van der Waals surface area contributed by atoms with Gasteiger partial charge in [0, 0.05) is 5.02 Å². The molecule has 0 spiro atoms. The van der Waals surface area contributed by atoms with E-state index in [4.69, 9.17) is 16.3 Å². The highest BCUT2D eigenvalue weighted by Crippen LogP contribution is 2.36. The summed E-state index contributed by atoms with van der Waals surface area (Å²) in [7, 11) is 0. The summed E-state index contributed by atoms with van der Waals surface area (Å²) >= 11 is 5.62. The van der Waals surface area contributed by atoms with Crippen LogP contribution in [0.5, 0.6) is 5.75 Å². The highest BCUT2D eigenvalue weighted by atomic mass is 35.5. The number of carbonyl (C=O) groups excluding carboxylic acids is 1. The summed E-state index contributed by atoms with van der Waals surface area (Å²) in [4.78, 5) is 12.2. The van der Waals surface area contributed by atoms with Gasteiger partial charge in [-0.15, -0.1) is 0 Å². The molecule has 0 aliphatic heterocycles. The first-order valence-corrected chi connectivity index (χ1v) is 7.87. The summed E-state index contributed by atoms with van der Waals surface area (Å²) in [6, 6.07) is 8.61. The maximum atomic E-state index is 13.1. The largest absolute Gasteiger partial charge is 0.481 e. The minimum atomic E-state index is -4.63. The maximum Gasteiger partial charge on any atom is 0.418 e. The number of hydrogen-bond acceptors (Lipinski definition) is 2. The molecule has 2 rings (SSSR count). The predicted octanol–water partition coefficient (Wildman–Crippen LogP) is 5.38. The van der Waals surface area contributed by atoms with Crippen LogP contribution in [0.1, 0.15) is 23.6 Å². The lowest BCUT2D eigenvalue weighted by atomic mass is 10.1. The summed E-state index contributed by atoms with van der Waals surface area (Å²) < 4.78 is 44.8. The minimum absolute atomic E-state index is 0.0649. The highest BCUT2D eigenvalue weighted by Gasteiger charge is 2.34. The number of halogens is 4. The van der Waals surface area contributed by atoms with Crippen molar-refractivity contribution in [2.45, 2.75) is 33.1 Å². The Labute approximate surface area is 148 Å². The molecule has 0 aromatic heterocycles. The van der Waals surface area contributed by atoms with E-state index in [1.807, 2.05) is 26.0 Å². The summed E-state index contributed by atoms with van der Waals surface area (Å²) in [6.07, 6.45) is -5.61. The topological polar surface area (TPSA) is 38.3 Å². The molecule has 0 aliphatic rings. The van der Waals surface area contributed by atoms with Crippen LogP contribution in [0, 0.1) is 13.8 Å². The van der Waals surface area contributed by atoms with Crippen LogP contribution in [0.25, 0.3) is 0 Å². The number of anilines is 1. The molecule has 134 valence electrons. The van der Waals surface area contributed by atoms with Gasteiger partial charge < -0.3 is 10.1 Å². The zero-order chi connectivity index (χ0) is 18.8. The van der Waals surface area contributed by atoms with Gasteiger partial charge in [-0.2, -0.15) is 13.2 Å². The molecule has 1 atom stereocenters. The second kappa shape index (κ2) is 7.35. The fourth-order valence-electron chi connectivity index (χ4n) is 2.27. The van der Waals surface area contributed by atoms with Crippen LogP contribution in [0.4, 0.5) is 18.9 Å². The fourth-order valence-corrected chi connectivity index (χ4v) is 2.44. The molecule has 3 nitrogen and oxygen atoms in total. The van der Waals surface area contributed by atoms with Gasteiger partial charge in [0.1, 0.15) is 5.75 Å². The first-order valence-electron chi connectivity index (χ1n) is 7.49. The molecule has 2 aromatic carbocycles. The van der Waals surface area contributed by atoms with Gasteiger partial charge in [-0.3, -0.25) is 4.79 Å². The molecular formula is C18H17ClF3NO2. The summed E-state index contributed by atoms with van der Waals surface area (Å²) in [5.41, 5.74) is 0.505. The fraction of sp³-hybridized carbons (Fsp3) is 0.278. The first-order chi connectivity index (χ1) is 11.6. The van der Waals surface area contributed by atoms with Crippen molar-refractivity contribution < 1.29 is 22.7 Å². The van der Waals surface area contributed by atoms with Crippen molar-refractivity contribution >= 4 is 23.2 Å². The first kappa shape index (κ1) is 19.1. The molecule has 1 unspecified atom stereocenters. The number of hydrogen-bond donors (Lipinski definition) is 1. The van der Waals surface area contributed by atoms with Crippen LogP contribution in [0.3, 0.4) is 0 Å². The molecule has 7 heteroatoms. The van der Waals surface area contributed by atoms with E-state index in [9.17, 15) is 18.0 Å². The summed E-state index contributed by atoms with van der Waals surface area (Å²) in [6.45, 7) is 5.22. The van der Waals surface area contributed by atoms with Gasteiger partial charge in [-0.25, -0.2) is 0 Å². The van der Waals surface area contributed by atoms with E-state index in [1.165, 1.54) is 13.0 Å². The number of nitrogens with one attached hydrogen (secondary N) is 1. The quantitative estimate of drug-likeness (QED) is 0.783. The van der Waals surface area contributed by atoms with E-state index in [0.29, 0.717) is 5.75 Å². The minimum Gasteiger partial charge on any atom is -0.481 e. The monoisotopic (exact) mass is 371 g/mol. The Morgan fingerprint density at radius 2 is 1.84 bits per heavy atom. The van der Waals surface area contributed by atoms with E-state index in [-0.39, 0.29) is 10.7 Å². The van der Waals surface area contributed by atoms with Crippen LogP contribution < -0.4 is 10.1 Å². The van der Waals surface area contributed by atoms with Crippen molar-refractivity contribution in [1.29, 1.82) is 0 Å². The number of rotatable bonds is 4. The molecule has 0 radical (unpaired) electrons. The Balaban J connectivity index is 2.16. The van der Waals surface area contributed by atoms with Crippen LogP contribution in [-0.4, -0.2) is 12.0 Å². The van der Waals surface area contributed by atoms with Crippen molar-refractivity contribution in [2.24, 2.45) is 0 Å². The average Bonchev–Trinajstić information content (AvgIpc) is 2.50. The van der Waals surface area contributed by atoms with Crippen molar-refractivity contribution in [1.82, 2.24) is 0 Å². The summed E-state index contributed by atoms with van der Waals surface area (Å²) in [5, 5.41) is 2.19. The van der Waals surface area contributed by atoms with Gasteiger partial charge in [-0.1, -0.05) is 29.3 Å². The Morgan fingerprint density at radius 3 is 2.44 bits per heavy atom. The zero-order valence-corrected chi connectivity index (χ0v) is 14.6. The number of aryl methyl sites for hydroxylation is 2. The molecule has 0 saturated heterocycles. The van der Waals surface area contributed by atoms with Gasteiger partial charge in [0.25, 0.3) is 5.91 Å². The molecular weight excluding hydrogens is 355 g/mol.